The fourth-order valence-corrected chi connectivity index (χ4v) is 9.95. The summed E-state index contributed by atoms with van der Waals surface area (Å²) in [5.41, 5.74) is 15.5. The molecule has 3 heterocycles. The molecule has 0 spiro atoms. The Labute approximate surface area is 369 Å². The highest BCUT2D eigenvalue weighted by Crippen LogP contribution is 2.41. The Morgan fingerprint density at radius 3 is 1.64 bits per heavy atom. The fraction of sp³-hybridized carbons (Fsp3) is 0. The number of hydrogen-bond acceptors (Lipinski definition) is 2. The zero-order valence-corrected chi connectivity index (χ0v) is 34.7. The molecule has 0 bridgehead atoms. The van der Waals surface area contributed by atoms with Gasteiger partial charge in [-0.2, -0.15) is 0 Å². The van der Waals surface area contributed by atoms with Gasteiger partial charge in [0, 0.05) is 60.4 Å². The lowest BCUT2D eigenvalue weighted by Gasteiger charge is -2.13. The molecular weight excluding hydrogens is 777 g/mol. The zero-order valence-electron chi connectivity index (χ0n) is 34.7. The van der Waals surface area contributed by atoms with Gasteiger partial charge in [0.25, 0.3) is 0 Å². The first-order valence-corrected chi connectivity index (χ1v) is 21.8. The minimum Gasteiger partial charge on any atom is -0.309 e. The van der Waals surface area contributed by atoms with Crippen LogP contribution < -0.4 is 0 Å². The van der Waals surface area contributed by atoms with Crippen molar-refractivity contribution in [2.45, 2.75) is 0 Å². The second-order valence-electron chi connectivity index (χ2n) is 16.5. The molecule has 0 aliphatic carbocycles. The summed E-state index contributed by atoms with van der Waals surface area (Å²) < 4.78 is 4.82. The van der Waals surface area contributed by atoms with E-state index in [1.165, 1.54) is 59.9 Å². The quantitative estimate of drug-likeness (QED) is 0.168. The molecular formula is C60H38N4. The summed E-state index contributed by atoms with van der Waals surface area (Å²) >= 11 is 0. The van der Waals surface area contributed by atoms with Gasteiger partial charge in [0.2, 0.25) is 0 Å². The molecule has 0 radical (unpaired) electrons. The number of nitrogens with zero attached hydrogens (tertiary/aromatic N) is 4. The summed E-state index contributed by atoms with van der Waals surface area (Å²) in [7, 11) is 0. The molecule has 0 N–H and O–H groups in total. The molecule has 0 aliphatic heterocycles. The van der Waals surface area contributed by atoms with Crippen molar-refractivity contribution in [3.63, 3.8) is 0 Å². The molecule has 0 saturated heterocycles. The van der Waals surface area contributed by atoms with Crippen molar-refractivity contribution in [1.29, 1.82) is 0 Å². The minimum atomic E-state index is 0.697. The number of rotatable bonds is 6. The third-order valence-electron chi connectivity index (χ3n) is 12.9. The van der Waals surface area contributed by atoms with E-state index in [4.69, 9.17) is 9.97 Å². The molecule has 0 fully saturated rings. The highest BCUT2D eigenvalue weighted by Gasteiger charge is 2.19. The van der Waals surface area contributed by atoms with Crippen LogP contribution in [-0.2, 0) is 0 Å². The van der Waals surface area contributed by atoms with Crippen molar-refractivity contribution < 1.29 is 0 Å². The number of aromatic nitrogens is 4. The molecule has 0 aliphatic rings. The lowest BCUT2D eigenvalue weighted by Crippen LogP contribution is -1.97. The fourth-order valence-electron chi connectivity index (χ4n) is 9.95. The average Bonchev–Trinajstić information content (AvgIpc) is 3.90. The summed E-state index contributed by atoms with van der Waals surface area (Å²) in [4.78, 5) is 10.6. The van der Waals surface area contributed by atoms with Crippen LogP contribution in [0.15, 0.2) is 231 Å². The molecule has 3 aromatic heterocycles. The van der Waals surface area contributed by atoms with E-state index in [0.717, 1.165) is 55.8 Å². The Bertz CT molecular complexity index is 3920. The van der Waals surface area contributed by atoms with Crippen molar-refractivity contribution in [1.82, 2.24) is 19.1 Å². The van der Waals surface area contributed by atoms with E-state index in [1.807, 2.05) is 0 Å². The van der Waals surface area contributed by atoms with E-state index in [-0.39, 0.29) is 0 Å². The van der Waals surface area contributed by atoms with Gasteiger partial charge in [-0.05, 0) is 70.6 Å². The van der Waals surface area contributed by atoms with Gasteiger partial charge in [0.1, 0.15) is 0 Å². The Morgan fingerprint density at radius 1 is 0.297 bits per heavy atom. The van der Waals surface area contributed by atoms with E-state index in [2.05, 4.69) is 240 Å². The topological polar surface area (TPSA) is 35.6 Å². The van der Waals surface area contributed by atoms with Crippen LogP contribution in [0.5, 0.6) is 0 Å². The summed E-state index contributed by atoms with van der Waals surface area (Å²) in [5, 5.41) is 8.44. The predicted molar refractivity (Wildman–Crippen MR) is 267 cm³/mol. The average molecular weight is 815 g/mol. The molecule has 13 aromatic rings. The van der Waals surface area contributed by atoms with E-state index < -0.39 is 0 Å². The van der Waals surface area contributed by atoms with Crippen LogP contribution in [0.4, 0.5) is 0 Å². The molecule has 13 rings (SSSR count). The molecule has 0 atom stereocenters. The molecule has 0 amide bonds. The van der Waals surface area contributed by atoms with Crippen molar-refractivity contribution in [3.05, 3.63) is 231 Å². The minimum absolute atomic E-state index is 0.697. The Balaban J connectivity index is 0.941. The van der Waals surface area contributed by atoms with Crippen LogP contribution >= 0.6 is 0 Å². The van der Waals surface area contributed by atoms with Gasteiger partial charge < -0.3 is 9.13 Å². The molecule has 0 unspecified atom stereocenters. The molecule has 4 nitrogen and oxygen atoms in total. The lowest BCUT2D eigenvalue weighted by atomic mass is 9.98. The largest absolute Gasteiger partial charge is 0.309 e. The second-order valence-corrected chi connectivity index (χ2v) is 16.5. The van der Waals surface area contributed by atoms with Crippen LogP contribution in [-0.4, -0.2) is 19.1 Å². The van der Waals surface area contributed by atoms with Gasteiger partial charge in [-0.3, -0.25) is 0 Å². The molecule has 298 valence electrons. The van der Waals surface area contributed by atoms with E-state index in [9.17, 15) is 0 Å². The van der Waals surface area contributed by atoms with E-state index in [1.54, 1.807) is 0 Å². The van der Waals surface area contributed by atoms with Gasteiger partial charge in [-0.15, -0.1) is 0 Å². The monoisotopic (exact) mass is 814 g/mol. The Morgan fingerprint density at radius 2 is 0.859 bits per heavy atom. The summed E-state index contributed by atoms with van der Waals surface area (Å²) in [5.74, 6) is 0.697. The third-order valence-corrected chi connectivity index (χ3v) is 12.9. The highest BCUT2D eigenvalue weighted by molar-refractivity contribution is 6.19. The first-order chi connectivity index (χ1) is 31.7. The first-order valence-electron chi connectivity index (χ1n) is 21.8. The van der Waals surface area contributed by atoms with Crippen molar-refractivity contribution >= 4 is 65.3 Å². The van der Waals surface area contributed by atoms with Crippen LogP contribution in [0.1, 0.15) is 0 Å². The van der Waals surface area contributed by atoms with Gasteiger partial charge >= 0.3 is 0 Å². The maximum absolute atomic E-state index is 5.35. The summed E-state index contributed by atoms with van der Waals surface area (Å²) in [6.45, 7) is 0. The maximum Gasteiger partial charge on any atom is 0.160 e. The first kappa shape index (κ1) is 36.1. The van der Waals surface area contributed by atoms with Gasteiger partial charge in [-0.25, -0.2) is 9.97 Å². The Kier molecular flexibility index (Phi) is 8.18. The van der Waals surface area contributed by atoms with Crippen LogP contribution in [0.2, 0.25) is 0 Å². The van der Waals surface area contributed by atoms with Gasteiger partial charge in [-0.1, -0.05) is 182 Å². The number of hydrogen-bond donors (Lipinski definition) is 0. The summed E-state index contributed by atoms with van der Waals surface area (Å²) in [6.07, 6.45) is 0. The van der Waals surface area contributed by atoms with E-state index >= 15 is 0 Å². The van der Waals surface area contributed by atoms with Crippen molar-refractivity contribution in [3.8, 4) is 56.3 Å². The SMILES string of the molecule is c1ccc(-c2nc(-c3ccc(-c4cccc5c6ccccc6n(-c6ccccc6)c45)cc3)nc3ccc(-c4ccc5c6ccc7ccccc7c6n(-c6ccccc6)c5c4)cc23)cc1. The van der Waals surface area contributed by atoms with Crippen molar-refractivity contribution in [2.75, 3.05) is 0 Å². The maximum atomic E-state index is 5.35. The Hall–Kier alpha value is -8.60. The summed E-state index contributed by atoms with van der Waals surface area (Å²) in [6, 6.07) is 82.6. The van der Waals surface area contributed by atoms with Crippen LogP contribution in [0.25, 0.3) is 122 Å². The van der Waals surface area contributed by atoms with Crippen molar-refractivity contribution in [2.24, 2.45) is 0 Å². The predicted octanol–water partition coefficient (Wildman–Crippen LogP) is 15.6. The standard InChI is InChI=1S/C60H38N4/c1-4-16-41(17-5-1)57-53-37-43(44-32-34-50-52-35-31-39-15-10-11-22-47(39)59(52)64(56(50)38-44)46-20-8-3-9-21-46)33-36-54(53)61-60(62-57)42-29-27-40(28-30-42)48-24-14-25-51-49-23-12-13-26-55(49)63(58(48)51)45-18-6-2-7-19-45/h1-38H. The van der Waals surface area contributed by atoms with E-state index in [0.29, 0.717) is 5.82 Å². The zero-order chi connectivity index (χ0) is 42.1. The van der Waals surface area contributed by atoms with Gasteiger partial charge in [0.15, 0.2) is 5.82 Å². The smallest absolute Gasteiger partial charge is 0.160 e. The molecule has 64 heavy (non-hydrogen) atoms. The number of fused-ring (bicyclic) bond motifs is 9. The molecule has 10 aromatic carbocycles. The van der Waals surface area contributed by atoms with Gasteiger partial charge in [0.05, 0.1) is 33.3 Å². The highest BCUT2D eigenvalue weighted by atomic mass is 15.0. The second kappa shape index (κ2) is 14.5. The number of para-hydroxylation sites is 4. The molecule has 4 heteroatoms. The normalized spacial score (nSPS) is 11.8. The van der Waals surface area contributed by atoms with Crippen LogP contribution in [0.3, 0.4) is 0 Å². The number of benzene rings is 10. The lowest BCUT2D eigenvalue weighted by molar-refractivity contribution is 1.18. The molecule has 0 saturated carbocycles. The third kappa shape index (κ3) is 5.70. The van der Waals surface area contributed by atoms with Crippen LogP contribution in [0, 0.1) is 0 Å².